The minimum Gasteiger partial charge on any atom is -0.483 e. The molecule has 0 spiro atoms. The number of aromatic nitrogens is 1. The Labute approximate surface area is 104 Å². The smallest absolute Gasteiger partial charge is 0.311 e. The molecule has 18 heavy (non-hydrogen) atoms. The Bertz CT molecular complexity index is 432. The molecular formula is C11H15N3O4. The first-order chi connectivity index (χ1) is 8.58. The highest BCUT2D eigenvalue weighted by atomic mass is 16.6. The number of nitrogens with zero attached hydrogens (tertiary/aromatic N) is 2. The largest absolute Gasteiger partial charge is 0.483 e. The van der Waals surface area contributed by atoms with Crippen molar-refractivity contribution in [2.45, 2.75) is 19.8 Å². The first-order valence-corrected chi connectivity index (χ1v) is 5.52. The first-order valence-electron chi connectivity index (χ1n) is 5.52. The average Bonchev–Trinajstić information content (AvgIpc) is 3.11. The summed E-state index contributed by atoms with van der Waals surface area (Å²) in [5, 5.41) is 20.7. The molecule has 1 saturated carbocycles. The molecule has 0 bridgehead atoms. The quantitative estimate of drug-likeness (QED) is 0.481. The summed E-state index contributed by atoms with van der Waals surface area (Å²) in [5.41, 5.74) is 0.847. The lowest BCUT2D eigenvalue weighted by Crippen LogP contribution is -2.08. The first kappa shape index (κ1) is 13.9. The van der Waals surface area contributed by atoms with E-state index in [1.165, 1.54) is 18.9 Å². The second-order valence-corrected chi connectivity index (χ2v) is 4.01. The van der Waals surface area contributed by atoms with Gasteiger partial charge in [0, 0.05) is 18.3 Å². The maximum atomic E-state index is 10.7. The molecule has 1 aromatic heterocycles. The van der Waals surface area contributed by atoms with Gasteiger partial charge in [-0.1, -0.05) is 0 Å². The second-order valence-electron chi connectivity index (χ2n) is 4.01. The summed E-state index contributed by atoms with van der Waals surface area (Å²) in [7, 11) is 0. The van der Waals surface area contributed by atoms with Crippen molar-refractivity contribution in [3.63, 3.8) is 0 Å². The average molecular weight is 253 g/mol. The Morgan fingerprint density at radius 2 is 2.22 bits per heavy atom. The van der Waals surface area contributed by atoms with Crippen molar-refractivity contribution in [1.29, 1.82) is 0 Å². The van der Waals surface area contributed by atoms with Crippen LogP contribution in [0.2, 0.25) is 0 Å². The standard InChI is InChI=1S/C10H13N3O2.CH2O2/c1-7-2-5-9(13(14)15)10(12-7)11-6-8-3-4-8;2-1-3/h2,5,8H,3-4,6H2,1H3,(H,11,12);1H,(H,2,3). The van der Waals surface area contributed by atoms with Crippen molar-refractivity contribution in [3.05, 3.63) is 27.9 Å². The zero-order valence-corrected chi connectivity index (χ0v) is 10.00. The van der Waals surface area contributed by atoms with Crippen LogP contribution < -0.4 is 5.32 Å². The molecule has 98 valence electrons. The van der Waals surface area contributed by atoms with Crippen LogP contribution in [0.3, 0.4) is 0 Å². The molecule has 0 amide bonds. The maximum absolute atomic E-state index is 10.7. The van der Waals surface area contributed by atoms with Gasteiger partial charge in [-0.05, 0) is 31.7 Å². The molecule has 2 N–H and O–H groups in total. The van der Waals surface area contributed by atoms with Gasteiger partial charge in [-0.3, -0.25) is 14.9 Å². The van der Waals surface area contributed by atoms with E-state index in [-0.39, 0.29) is 12.2 Å². The van der Waals surface area contributed by atoms with Gasteiger partial charge in [0.1, 0.15) is 0 Å². The van der Waals surface area contributed by atoms with Crippen LogP contribution in [0.1, 0.15) is 18.5 Å². The third-order valence-corrected chi connectivity index (χ3v) is 2.46. The highest BCUT2D eigenvalue weighted by Crippen LogP contribution is 2.30. The van der Waals surface area contributed by atoms with Crippen molar-refractivity contribution >= 4 is 18.0 Å². The molecule has 7 heteroatoms. The van der Waals surface area contributed by atoms with Crippen LogP contribution in [0.4, 0.5) is 11.5 Å². The van der Waals surface area contributed by atoms with E-state index in [1.807, 2.05) is 6.92 Å². The van der Waals surface area contributed by atoms with Crippen LogP contribution in [0.25, 0.3) is 0 Å². The SMILES string of the molecule is Cc1ccc([N+](=O)[O-])c(NCC2CC2)n1.O=CO. The van der Waals surface area contributed by atoms with Gasteiger partial charge in [-0.25, -0.2) is 4.98 Å². The number of aryl methyl sites for hydroxylation is 1. The molecule has 0 atom stereocenters. The van der Waals surface area contributed by atoms with Crippen LogP contribution in [-0.2, 0) is 4.79 Å². The van der Waals surface area contributed by atoms with Gasteiger partial charge in [0.2, 0.25) is 5.82 Å². The fourth-order valence-corrected chi connectivity index (χ4v) is 1.39. The Kier molecular flexibility index (Phi) is 5.04. The number of rotatable bonds is 4. The van der Waals surface area contributed by atoms with Crippen LogP contribution in [0.5, 0.6) is 0 Å². The lowest BCUT2D eigenvalue weighted by atomic mass is 10.3. The number of hydrogen-bond donors (Lipinski definition) is 2. The molecule has 1 aliphatic rings. The van der Waals surface area contributed by atoms with Gasteiger partial charge < -0.3 is 10.4 Å². The molecule has 0 unspecified atom stereocenters. The highest BCUT2D eigenvalue weighted by molar-refractivity contribution is 5.56. The molecule has 1 heterocycles. The summed E-state index contributed by atoms with van der Waals surface area (Å²) in [6.07, 6.45) is 2.43. The molecular weight excluding hydrogens is 238 g/mol. The summed E-state index contributed by atoms with van der Waals surface area (Å²) < 4.78 is 0. The Morgan fingerprint density at radius 3 is 2.72 bits per heavy atom. The molecule has 1 aliphatic carbocycles. The Hall–Kier alpha value is -2.18. The van der Waals surface area contributed by atoms with Crippen molar-refractivity contribution in [2.75, 3.05) is 11.9 Å². The summed E-state index contributed by atoms with van der Waals surface area (Å²) >= 11 is 0. The molecule has 0 aliphatic heterocycles. The summed E-state index contributed by atoms with van der Waals surface area (Å²) in [6, 6.07) is 3.15. The lowest BCUT2D eigenvalue weighted by molar-refractivity contribution is -0.384. The normalized spacial score (nSPS) is 13.2. The summed E-state index contributed by atoms with van der Waals surface area (Å²) in [4.78, 5) is 22.8. The Balaban J connectivity index is 0.000000492. The van der Waals surface area contributed by atoms with Gasteiger partial charge in [0.05, 0.1) is 4.92 Å². The molecule has 1 fully saturated rings. The van der Waals surface area contributed by atoms with E-state index in [9.17, 15) is 10.1 Å². The third kappa shape index (κ3) is 4.36. The molecule has 0 aromatic carbocycles. The molecule has 7 nitrogen and oxygen atoms in total. The van der Waals surface area contributed by atoms with E-state index < -0.39 is 4.92 Å². The van der Waals surface area contributed by atoms with Gasteiger partial charge in [-0.2, -0.15) is 0 Å². The second kappa shape index (κ2) is 6.53. The van der Waals surface area contributed by atoms with Crippen LogP contribution in [0, 0.1) is 23.0 Å². The van der Waals surface area contributed by atoms with Gasteiger partial charge in [-0.15, -0.1) is 0 Å². The predicted octanol–water partition coefficient (Wildman–Crippen LogP) is 1.82. The van der Waals surface area contributed by atoms with Crippen molar-refractivity contribution in [3.8, 4) is 0 Å². The van der Waals surface area contributed by atoms with Gasteiger partial charge >= 0.3 is 5.69 Å². The fourth-order valence-electron chi connectivity index (χ4n) is 1.39. The van der Waals surface area contributed by atoms with E-state index >= 15 is 0 Å². The topological polar surface area (TPSA) is 105 Å². The number of hydrogen-bond acceptors (Lipinski definition) is 5. The number of carboxylic acid groups (broad SMARTS) is 1. The number of nitro groups is 1. The van der Waals surface area contributed by atoms with Gasteiger partial charge in [0.15, 0.2) is 0 Å². The highest BCUT2D eigenvalue weighted by Gasteiger charge is 2.23. The van der Waals surface area contributed by atoms with Gasteiger partial charge in [0.25, 0.3) is 6.47 Å². The monoisotopic (exact) mass is 253 g/mol. The zero-order chi connectivity index (χ0) is 13.5. The van der Waals surface area contributed by atoms with Crippen LogP contribution >= 0.6 is 0 Å². The van der Waals surface area contributed by atoms with Crippen molar-refractivity contribution in [2.24, 2.45) is 5.92 Å². The molecule has 2 rings (SSSR count). The maximum Gasteiger partial charge on any atom is 0.311 e. The fraction of sp³-hybridized carbons (Fsp3) is 0.455. The number of nitrogens with one attached hydrogen (secondary N) is 1. The van der Waals surface area contributed by atoms with Crippen molar-refractivity contribution < 1.29 is 14.8 Å². The summed E-state index contributed by atoms with van der Waals surface area (Å²) in [5.74, 6) is 1.07. The minimum atomic E-state index is -0.401. The van der Waals surface area contributed by atoms with Crippen molar-refractivity contribution in [1.82, 2.24) is 4.98 Å². The zero-order valence-electron chi connectivity index (χ0n) is 10.00. The van der Waals surface area contributed by atoms with E-state index in [1.54, 1.807) is 6.07 Å². The number of pyridine rings is 1. The lowest BCUT2D eigenvalue weighted by Gasteiger charge is -2.05. The minimum absolute atomic E-state index is 0.0567. The van der Waals surface area contributed by atoms with E-state index in [4.69, 9.17) is 9.90 Å². The molecule has 0 saturated heterocycles. The summed E-state index contributed by atoms with van der Waals surface area (Å²) in [6.45, 7) is 2.36. The molecule has 0 radical (unpaired) electrons. The van der Waals surface area contributed by atoms with Crippen LogP contribution in [0.15, 0.2) is 12.1 Å². The third-order valence-electron chi connectivity index (χ3n) is 2.46. The van der Waals surface area contributed by atoms with Crippen LogP contribution in [-0.4, -0.2) is 28.0 Å². The molecule has 1 aromatic rings. The number of anilines is 1. The van der Waals surface area contributed by atoms with E-state index in [2.05, 4.69) is 10.3 Å². The van der Waals surface area contributed by atoms with E-state index in [0.717, 1.165) is 12.2 Å². The number of carbonyl (C=O) groups is 1. The van der Waals surface area contributed by atoms with E-state index in [0.29, 0.717) is 11.7 Å². The predicted molar refractivity (Wildman–Crippen MR) is 65.5 cm³/mol. The Morgan fingerprint density at radius 1 is 1.61 bits per heavy atom.